The minimum absolute atomic E-state index is 0.344. The lowest BCUT2D eigenvalue weighted by Gasteiger charge is -2.39. The van der Waals surface area contributed by atoms with Crippen LogP contribution >= 0.6 is 11.8 Å². The Morgan fingerprint density at radius 3 is 2.32 bits per heavy atom. The lowest BCUT2D eigenvalue weighted by Crippen LogP contribution is -2.55. The number of carbonyl (C=O) groups is 1. The van der Waals surface area contributed by atoms with Crippen LogP contribution in [0.4, 0.5) is 0 Å². The molecule has 0 radical (unpaired) electrons. The van der Waals surface area contributed by atoms with Crippen molar-refractivity contribution >= 4 is 17.7 Å². The Labute approximate surface area is 166 Å². The molecule has 0 spiro atoms. The molecule has 8 heteroatoms. The third kappa shape index (κ3) is 4.48. The van der Waals surface area contributed by atoms with E-state index in [1.54, 1.807) is 24.3 Å². The van der Waals surface area contributed by atoms with Crippen LogP contribution < -0.4 is 10.5 Å². The van der Waals surface area contributed by atoms with Gasteiger partial charge in [-0.15, -0.1) is 11.8 Å². The van der Waals surface area contributed by atoms with Gasteiger partial charge in [-0.1, -0.05) is 30.3 Å². The molecule has 2 aromatic rings. The molecule has 1 amide bonds. The number of hydrogen-bond donors (Lipinski definition) is 5. The Balaban J connectivity index is 1.77. The van der Waals surface area contributed by atoms with Crippen LogP contribution in [0.25, 0.3) is 0 Å². The number of carbonyl (C=O) groups excluding carboxylic acids is 1. The van der Waals surface area contributed by atoms with E-state index in [2.05, 4.69) is 0 Å². The summed E-state index contributed by atoms with van der Waals surface area (Å²) in [7, 11) is 0. The van der Waals surface area contributed by atoms with Crippen LogP contribution in [0.2, 0.25) is 0 Å². The Hall–Kier alpha value is -2.10. The van der Waals surface area contributed by atoms with E-state index < -0.39 is 34.9 Å². The lowest BCUT2D eigenvalue weighted by molar-refractivity contribution is -0.0910. The first-order valence-electron chi connectivity index (χ1n) is 8.84. The van der Waals surface area contributed by atoms with Gasteiger partial charge in [-0.25, -0.2) is 0 Å². The lowest BCUT2D eigenvalue weighted by atomic mass is 10.0. The molecule has 1 heterocycles. The van der Waals surface area contributed by atoms with Crippen LogP contribution in [0, 0.1) is 0 Å². The Kier molecular flexibility index (Phi) is 6.58. The molecule has 0 bridgehead atoms. The summed E-state index contributed by atoms with van der Waals surface area (Å²) in [6.07, 6.45) is -3.41. The summed E-state index contributed by atoms with van der Waals surface area (Å²) >= 11 is 1.08. The molecule has 1 fully saturated rings. The summed E-state index contributed by atoms with van der Waals surface area (Å²) in [5, 5.41) is 39.0. The summed E-state index contributed by atoms with van der Waals surface area (Å²) in [5.74, 6) is 0.0380. The van der Waals surface area contributed by atoms with Gasteiger partial charge in [0.05, 0.1) is 18.0 Å². The summed E-state index contributed by atoms with van der Waals surface area (Å²) < 4.78 is 5.94. The highest BCUT2D eigenvalue weighted by molar-refractivity contribution is 8.00. The number of para-hydroxylation sites is 1. The fourth-order valence-corrected chi connectivity index (χ4v) is 4.30. The number of aliphatic hydroxyl groups excluding tert-OH is 4. The molecule has 7 nitrogen and oxygen atoms in total. The molecule has 2 aromatic carbocycles. The van der Waals surface area contributed by atoms with Gasteiger partial charge in [0.2, 0.25) is 5.91 Å². The number of benzene rings is 2. The van der Waals surface area contributed by atoms with Crippen molar-refractivity contribution in [3.63, 3.8) is 0 Å². The van der Waals surface area contributed by atoms with Crippen LogP contribution in [-0.2, 0) is 6.42 Å². The van der Waals surface area contributed by atoms with Crippen molar-refractivity contribution < 1.29 is 30.0 Å². The van der Waals surface area contributed by atoms with Crippen molar-refractivity contribution in [3.05, 3.63) is 65.2 Å². The molecule has 0 saturated carbocycles. The predicted octanol–water partition coefficient (Wildman–Crippen LogP) is 0.272. The molecule has 5 atom stereocenters. The van der Waals surface area contributed by atoms with Crippen LogP contribution in [0.15, 0.2) is 48.5 Å². The minimum atomic E-state index is -1.41. The number of nitrogens with two attached hydrogens (primary N) is 1. The van der Waals surface area contributed by atoms with Gasteiger partial charge in [0.15, 0.2) is 5.44 Å². The van der Waals surface area contributed by atoms with E-state index in [-0.39, 0.29) is 6.61 Å². The zero-order valence-electron chi connectivity index (χ0n) is 15.0. The number of thioether (sulfide) groups is 1. The number of aliphatic hydroxyl groups is 4. The fraction of sp³-hybridized carbons (Fsp3) is 0.350. The summed E-state index contributed by atoms with van der Waals surface area (Å²) in [5.41, 5.74) is 6.65. The van der Waals surface area contributed by atoms with Gasteiger partial charge in [0, 0.05) is 12.0 Å². The molecule has 3 rings (SSSR count). The SMILES string of the molecule is NC(=O)c1ccc(Cc2ccccc2OC2SC(CO)C(O)C(O)C2O)cc1. The molecule has 5 unspecified atom stereocenters. The number of ether oxygens (including phenoxy) is 1. The highest BCUT2D eigenvalue weighted by Gasteiger charge is 2.44. The average molecular weight is 405 g/mol. The maximum atomic E-state index is 11.2. The first kappa shape index (κ1) is 20.6. The molecule has 6 N–H and O–H groups in total. The van der Waals surface area contributed by atoms with E-state index in [1.165, 1.54) is 0 Å². The quantitative estimate of drug-likeness (QED) is 0.466. The molecular weight excluding hydrogens is 382 g/mol. The second-order valence-electron chi connectivity index (χ2n) is 6.66. The maximum absolute atomic E-state index is 11.2. The van der Waals surface area contributed by atoms with Gasteiger partial charge >= 0.3 is 0 Å². The van der Waals surface area contributed by atoms with E-state index in [4.69, 9.17) is 10.5 Å². The molecule has 0 aromatic heterocycles. The Morgan fingerprint density at radius 1 is 1.00 bits per heavy atom. The fourth-order valence-electron chi connectivity index (χ4n) is 3.06. The van der Waals surface area contributed by atoms with E-state index in [0.717, 1.165) is 22.9 Å². The van der Waals surface area contributed by atoms with Crippen LogP contribution in [0.1, 0.15) is 21.5 Å². The summed E-state index contributed by atoms with van der Waals surface area (Å²) in [4.78, 5) is 11.2. The maximum Gasteiger partial charge on any atom is 0.248 e. The highest BCUT2D eigenvalue weighted by Crippen LogP contribution is 2.35. The minimum Gasteiger partial charge on any atom is -0.477 e. The zero-order chi connectivity index (χ0) is 20.3. The van der Waals surface area contributed by atoms with Crippen molar-refractivity contribution in [1.29, 1.82) is 0 Å². The zero-order valence-corrected chi connectivity index (χ0v) is 15.8. The van der Waals surface area contributed by atoms with Gasteiger partial charge in [-0.2, -0.15) is 0 Å². The van der Waals surface area contributed by atoms with Gasteiger partial charge in [0.25, 0.3) is 0 Å². The van der Waals surface area contributed by atoms with Crippen molar-refractivity contribution in [2.24, 2.45) is 5.73 Å². The van der Waals surface area contributed by atoms with E-state index in [0.29, 0.717) is 17.7 Å². The second kappa shape index (κ2) is 8.93. The molecular formula is C20H23NO6S. The number of amides is 1. The van der Waals surface area contributed by atoms with Gasteiger partial charge < -0.3 is 30.9 Å². The van der Waals surface area contributed by atoms with Gasteiger partial charge in [-0.3, -0.25) is 4.79 Å². The van der Waals surface area contributed by atoms with Gasteiger partial charge in [-0.05, 0) is 29.3 Å². The van der Waals surface area contributed by atoms with E-state index >= 15 is 0 Å². The Morgan fingerprint density at radius 2 is 1.68 bits per heavy atom. The van der Waals surface area contributed by atoms with Crippen LogP contribution in [-0.4, -0.2) is 61.9 Å². The topological polar surface area (TPSA) is 133 Å². The first-order chi connectivity index (χ1) is 13.4. The van der Waals surface area contributed by atoms with Gasteiger partial charge in [0.1, 0.15) is 18.0 Å². The van der Waals surface area contributed by atoms with Crippen LogP contribution in [0.5, 0.6) is 5.75 Å². The first-order valence-corrected chi connectivity index (χ1v) is 9.79. The van der Waals surface area contributed by atoms with Crippen LogP contribution in [0.3, 0.4) is 0 Å². The van der Waals surface area contributed by atoms with E-state index in [9.17, 15) is 25.2 Å². The second-order valence-corrected chi connectivity index (χ2v) is 8.00. The molecule has 1 aliphatic rings. The standard InChI is InChI=1S/C20H23NO6S/c21-19(26)12-7-5-11(6-8-12)9-13-3-1-2-4-14(13)27-20-18(25)17(24)16(23)15(10-22)28-20/h1-8,15-18,20,22-25H,9-10H2,(H2,21,26). The summed E-state index contributed by atoms with van der Waals surface area (Å²) in [6, 6.07) is 14.2. The monoisotopic (exact) mass is 405 g/mol. The smallest absolute Gasteiger partial charge is 0.248 e. The average Bonchev–Trinajstić information content (AvgIpc) is 2.70. The molecule has 1 saturated heterocycles. The highest BCUT2D eigenvalue weighted by atomic mass is 32.2. The third-order valence-corrected chi connectivity index (χ3v) is 6.12. The Bertz CT molecular complexity index is 813. The largest absolute Gasteiger partial charge is 0.477 e. The summed E-state index contributed by atoms with van der Waals surface area (Å²) in [6.45, 7) is -0.344. The third-order valence-electron chi connectivity index (χ3n) is 4.70. The van der Waals surface area contributed by atoms with Crippen molar-refractivity contribution in [1.82, 2.24) is 0 Å². The number of hydrogen-bond acceptors (Lipinski definition) is 7. The van der Waals surface area contributed by atoms with E-state index in [1.807, 2.05) is 24.3 Å². The van der Waals surface area contributed by atoms with Crippen molar-refractivity contribution in [3.8, 4) is 5.75 Å². The number of primary amides is 1. The van der Waals surface area contributed by atoms with Crippen molar-refractivity contribution in [2.45, 2.75) is 35.4 Å². The number of rotatable bonds is 6. The molecule has 150 valence electrons. The molecule has 1 aliphatic heterocycles. The van der Waals surface area contributed by atoms with Crippen molar-refractivity contribution in [2.75, 3.05) is 6.61 Å². The molecule has 28 heavy (non-hydrogen) atoms. The predicted molar refractivity (Wildman–Crippen MR) is 105 cm³/mol. The molecule has 0 aliphatic carbocycles. The normalized spacial score (nSPS) is 27.4.